The van der Waals surface area contributed by atoms with Crippen LogP contribution < -0.4 is 5.56 Å². The van der Waals surface area contributed by atoms with Crippen LogP contribution in [0.15, 0.2) is 40.3 Å². The SMILES string of the molecule is CC(C)CCSc1nc2sc3c(c2c(=O)n1Cc1ccccc1)C[C@@H](C(C)C)OC3. The van der Waals surface area contributed by atoms with E-state index < -0.39 is 0 Å². The van der Waals surface area contributed by atoms with Gasteiger partial charge in [-0.1, -0.05) is 69.8 Å². The first-order chi connectivity index (χ1) is 14.4. The first-order valence-corrected chi connectivity index (χ1v) is 12.6. The zero-order chi connectivity index (χ0) is 21.3. The molecule has 3 aromatic rings. The van der Waals surface area contributed by atoms with Crippen LogP contribution in [0.5, 0.6) is 0 Å². The van der Waals surface area contributed by atoms with Crippen molar-refractivity contribution in [3.8, 4) is 0 Å². The van der Waals surface area contributed by atoms with Crippen molar-refractivity contribution in [2.75, 3.05) is 5.75 Å². The molecule has 160 valence electrons. The van der Waals surface area contributed by atoms with Gasteiger partial charge in [-0.3, -0.25) is 9.36 Å². The Balaban J connectivity index is 1.79. The highest BCUT2D eigenvalue weighted by Gasteiger charge is 2.28. The number of ether oxygens (including phenoxy) is 1. The molecule has 0 radical (unpaired) electrons. The molecule has 0 amide bonds. The molecule has 0 saturated heterocycles. The van der Waals surface area contributed by atoms with Gasteiger partial charge in [0.2, 0.25) is 0 Å². The summed E-state index contributed by atoms with van der Waals surface area (Å²) in [7, 11) is 0. The van der Waals surface area contributed by atoms with Gasteiger partial charge in [0.1, 0.15) is 4.83 Å². The lowest BCUT2D eigenvalue weighted by molar-refractivity contribution is 0.00200. The minimum absolute atomic E-state index is 0.0952. The summed E-state index contributed by atoms with van der Waals surface area (Å²) in [4.78, 5) is 20.8. The summed E-state index contributed by atoms with van der Waals surface area (Å²) < 4.78 is 7.94. The summed E-state index contributed by atoms with van der Waals surface area (Å²) in [6.45, 7) is 9.97. The van der Waals surface area contributed by atoms with Crippen LogP contribution in [0, 0.1) is 11.8 Å². The standard InChI is InChI=1S/C24H30N2O2S2/c1-15(2)10-11-29-24-25-22-21(18-12-19(16(3)4)28-14-20(18)30-22)23(27)26(24)13-17-8-6-5-7-9-17/h5-9,15-16,19H,10-14H2,1-4H3/t19-/m0/s1. The smallest absolute Gasteiger partial charge is 0.263 e. The summed E-state index contributed by atoms with van der Waals surface area (Å²) in [5.41, 5.74) is 2.38. The molecule has 3 heterocycles. The largest absolute Gasteiger partial charge is 0.372 e. The number of thiophene rings is 1. The maximum Gasteiger partial charge on any atom is 0.263 e. The summed E-state index contributed by atoms with van der Waals surface area (Å²) in [6, 6.07) is 10.2. The fourth-order valence-corrected chi connectivity index (χ4v) is 6.17. The van der Waals surface area contributed by atoms with Gasteiger partial charge in [-0.25, -0.2) is 4.98 Å². The summed E-state index contributed by atoms with van der Waals surface area (Å²) in [6.07, 6.45) is 2.07. The maximum absolute atomic E-state index is 13.7. The molecule has 0 bridgehead atoms. The average molecular weight is 443 g/mol. The molecular formula is C24H30N2O2S2. The molecule has 2 aromatic heterocycles. The van der Waals surface area contributed by atoms with Crippen LogP contribution in [0.4, 0.5) is 0 Å². The van der Waals surface area contributed by atoms with E-state index in [9.17, 15) is 4.79 Å². The van der Waals surface area contributed by atoms with Crippen molar-refractivity contribution >= 4 is 33.3 Å². The van der Waals surface area contributed by atoms with Crippen molar-refractivity contribution in [2.45, 2.75) is 64.9 Å². The molecule has 1 atom stereocenters. The minimum Gasteiger partial charge on any atom is -0.372 e. The zero-order valence-corrected chi connectivity index (χ0v) is 19.8. The second-order valence-corrected chi connectivity index (χ2v) is 10.9. The average Bonchev–Trinajstić information content (AvgIpc) is 3.08. The molecule has 6 heteroatoms. The van der Waals surface area contributed by atoms with Crippen molar-refractivity contribution < 1.29 is 4.74 Å². The Morgan fingerprint density at radius 2 is 2.00 bits per heavy atom. The van der Waals surface area contributed by atoms with E-state index in [1.807, 2.05) is 22.8 Å². The van der Waals surface area contributed by atoms with Crippen LogP contribution in [-0.2, 0) is 24.3 Å². The summed E-state index contributed by atoms with van der Waals surface area (Å²) in [5, 5.41) is 1.64. The molecule has 0 saturated carbocycles. The minimum atomic E-state index is 0.0952. The highest BCUT2D eigenvalue weighted by Crippen LogP contribution is 2.36. The van der Waals surface area contributed by atoms with E-state index in [0.29, 0.717) is 25.0 Å². The molecule has 30 heavy (non-hydrogen) atoms. The second kappa shape index (κ2) is 9.25. The predicted octanol–water partition coefficient (Wildman–Crippen LogP) is 5.74. The van der Waals surface area contributed by atoms with Crippen LogP contribution >= 0.6 is 23.1 Å². The van der Waals surface area contributed by atoms with Gasteiger partial charge in [-0.2, -0.15) is 0 Å². The van der Waals surface area contributed by atoms with Gasteiger partial charge in [0.15, 0.2) is 5.16 Å². The molecule has 4 nitrogen and oxygen atoms in total. The van der Waals surface area contributed by atoms with Gasteiger partial charge < -0.3 is 4.74 Å². The lowest BCUT2D eigenvalue weighted by atomic mass is 9.96. The van der Waals surface area contributed by atoms with E-state index in [1.54, 1.807) is 23.1 Å². The molecule has 4 rings (SSSR count). The number of benzene rings is 1. The Morgan fingerprint density at radius 1 is 1.23 bits per heavy atom. The van der Waals surface area contributed by atoms with E-state index in [1.165, 1.54) is 4.88 Å². The van der Waals surface area contributed by atoms with Gasteiger partial charge in [0, 0.05) is 17.1 Å². The fraction of sp³-hybridized carbons (Fsp3) is 0.500. The number of thioether (sulfide) groups is 1. The molecule has 0 N–H and O–H groups in total. The Labute approximate surface area is 186 Å². The Hall–Kier alpha value is -1.63. The normalized spacial score (nSPS) is 16.5. The molecule has 0 aliphatic carbocycles. The number of aromatic nitrogens is 2. The Kier molecular flexibility index (Phi) is 6.66. The van der Waals surface area contributed by atoms with Gasteiger partial charge in [-0.05, 0) is 29.4 Å². The second-order valence-electron chi connectivity index (χ2n) is 8.78. The number of hydrogen-bond donors (Lipinski definition) is 0. The number of nitrogens with zero attached hydrogens (tertiary/aromatic N) is 2. The van der Waals surface area contributed by atoms with Crippen LogP contribution in [-0.4, -0.2) is 21.4 Å². The van der Waals surface area contributed by atoms with Crippen LogP contribution in [0.1, 0.15) is 50.1 Å². The molecule has 0 unspecified atom stereocenters. The van der Waals surface area contributed by atoms with Gasteiger partial charge in [-0.15, -0.1) is 11.3 Å². The van der Waals surface area contributed by atoms with E-state index in [4.69, 9.17) is 9.72 Å². The number of fused-ring (bicyclic) bond motifs is 3. The summed E-state index contributed by atoms with van der Waals surface area (Å²) >= 11 is 3.34. The lowest BCUT2D eigenvalue weighted by Crippen LogP contribution is -2.28. The molecule has 0 spiro atoms. The van der Waals surface area contributed by atoms with Crippen LogP contribution in [0.3, 0.4) is 0 Å². The summed E-state index contributed by atoms with van der Waals surface area (Å²) in [5.74, 6) is 2.03. The highest BCUT2D eigenvalue weighted by atomic mass is 32.2. The zero-order valence-electron chi connectivity index (χ0n) is 18.2. The molecule has 1 aliphatic rings. The Morgan fingerprint density at radius 3 is 2.70 bits per heavy atom. The van der Waals surface area contributed by atoms with Crippen LogP contribution in [0.25, 0.3) is 10.2 Å². The maximum atomic E-state index is 13.7. The lowest BCUT2D eigenvalue weighted by Gasteiger charge is -2.26. The van der Waals surface area contributed by atoms with Crippen molar-refractivity contribution in [3.05, 3.63) is 56.7 Å². The van der Waals surface area contributed by atoms with E-state index >= 15 is 0 Å². The van der Waals surface area contributed by atoms with Crippen molar-refractivity contribution in [1.82, 2.24) is 9.55 Å². The first-order valence-electron chi connectivity index (χ1n) is 10.8. The number of rotatable bonds is 7. The first kappa shape index (κ1) is 21.6. The quantitative estimate of drug-likeness (QED) is 0.346. The van der Waals surface area contributed by atoms with Gasteiger partial charge >= 0.3 is 0 Å². The fourth-order valence-electron chi connectivity index (χ4n) is 3.77. The third kappa shape index (κ3) is 4.51. The third-order valence-electron chi connectivity index (χ3n) is 5.65. The molecule has 1 aliphatic heterocycles. The van der Waals surface area contributed by atoms with E-state index in [0.717, 1.165) is 45.1 Å². The predicted molar refractivity (Wildman–Crippen MR) is 127 cm³/mol. The van der Waals surface area contributed by atoms with Gasteiger partial charge in [0.25, 0.3) is 5.56 Å². The number of hydrogen-bond acceptors (Lipinski definition) is 5. The van der Waals surface area contributed by atoms with Crippen LogP contribution in [0.2, 0.25) is 0 Å². The van der Waals surface area contributed by atoms with E-state index in [-0.39, 0.29) is 11.7 Å². The van der Waals surface area contributed by atoms with Crippen molar-refractivity contribution in [3.63, 3.8) is 0 Å². The van der Waals surface area contributed by atoms with Crippen molar-refractivity contribution in [1.29, 1.82) is 0 Å². The topological polar surface area (TPSA) is 44.1 Å². The molecule has 0 fully saturated rings. The molecule has 1 aromatic carbocycles. The third-order valence-corrected chi connectivity index (χ3v) is 7.76. The van der Waals surface area contributed by atoms with Gasteiger partial charge in [0.05, 0.1) is 24.6 Å². The van der Waals surface area contributed by atoms with Crippen molar-refractivity contribution in [2.24, 2.45) is 11.8 Å². The Bertz CT molecular complexity index is 1070. The highest BCUT2D eigenvalue weighted by molar-refractivity contribution is 7.99. The monoisotopic (exact) mass is 442 g/mol. The molecular weight excluding hydrogens is 412 g/mol. The van der Waals surface area contributed by atoms with E-state index in [2.05, 4.69) is 39.8 Å².